The topological polar surface area (TPSA) is 58.6 Å². The van der Waals surface area contributed by atoms with Crippen LogP contribution >= 0.6 is 0 Å². The quantitative estimate of drug-likeness (QED) is 0.831. The van der Waals surface area contributed by atoms with Gasteiger partial charge in [0, 0.05) is 12.4 Å². The van der Waals surface area contributed by atoms with E-state index in [0.29, 0.717) is 0 Å². The molecule has 0 aliphatic carbocycles. The van der Waals surface area contributed by atoms with Crippen LogP contribution in [0.15, 0.2) is 42.5 Å². The van der Waals surface area contributed by atoms with Crippen LogP contribution in [-0.2, 0) is 11.2 Å². The summed E-state index contributed by atoms with van der Waals surface area (Å²) in [5.74, 6) is 0.407. The number of carbonyl (C=O) groups is 1. The molecule has 0 spiro atoms. The van der Waals surface area contributed by atoms with Crippen LogP contribution in [0.2, 0.25) is 0 Å². The summed E-state index contributed by atoms with van der Waals surface area (Å²) in [7, 11) is 0. The fourth-order valence-corrected chi connectivity index (χ4v) is 2.06. The van der Waals surface area contributed by atoms with Crippen LogP contribution in [0.4, 0.5) is 0 Å². The first kappa shape index (κ1) is 11.6. The van der Waals surface area contributed by atoms with Gasteiger partial charge in [-0.25, -0.2) is 0 Å². The van der Waals surface area contributed by atoms with Gasteiger partial charge in [-0.05, 0) is 28.8 Å². The van der Waals surface area contributed by atoms with E-state index in [9.17, 15) is 9.90 Å². The zero-order valence-corrected chi connectivity index (χ0v) is 10.1. The molecule has 19 heavy (non-hydrogen) atoms. The zero-order valence-electron chi connectivity index (χ0n) is 10.1. The Morgan fingerprint density at radius 2 is 1.68 bits per heavy atom. The van der Waals surface area contributed by atoms with Gasteiger partial charge in [0.05, 0.1) is 0 Å². The molecule has 3 rings (SSSR count). The van der Waals surface area contributed by atoms with E-state index in [-0.39, 0.29) is 13.2 Å². The maximum absolute atomic E-state index is 10.5. The molecule has 0 bridgehead atoms. The molecule has 1 aliphatic heterocycles. The second-order valence-electron chi connectivity index (χ2n) is 4.31. The lowest BCUT2D eigenvalue weighted by atomic mass is 10.0. The van der Waals surface area contributed by atoms with Gasteiger partial charge in [-0.3, -0.25) is 0 Å². The Hall–Kier alpha value is -2.49. The van der Waals surface area contributed by atoms with Crippen molar-refractivity contribution in [2.45, 2.75) is 6.42 Å². The molecule has 0 atom stereocenters. The predicted octanol–water partition coefficient (Wildman–Crippen LogP) is 1.37. The SMILES string of the molecule is O=C([O-])Cc1ccc(-c2ccc3c(c2)OCO3)cc1. The molecule has 0 unspecified atom stereocenters. The molecular formula is C15H11O4-. The maximum Gasteiger partial charge on any atom is 0.231 e. The number of aliphatic carboxylic acids is 1. The van der Waals surface area contributed by atoms with Gasteiger partial charge in [0.25, 0.3) is 0 Å². The van der Waals surface area contributed by atoms with Crippen molar-refractivity contribution in [2.75, 3.05) is 6.79 Å². The molecule has 4 nitrogen and oxygen atoms in total. The van der Waals surface area contributed by atoms with Crippen molar-refractivity contribution in [3.63, 3.8) is 0 Å². The summed E-state index contributed by atoms with van der Waals surface area (Å²) in [6, 6.07) is 13.1. The average Bonchev–Trinajstić information content (AvgIpc) is 2.86. The minimum absolute atomic E-state index is 0.0680. The summed E-state index contributed by atoms with van der Waals surface area (Å²) in [6.45, 7) is 0.253. The molecule has 0 amide bonds. The predicted molar refractivity (Wildman–Crippen MR) is 66.7 cm³/mol. The Morgan fingerprint density at radius 3 is 2.42 bits per heavy atom. The highest BCUT2D eigenvalue weighted by Gasteiger charge is 2.13. The third-order valence-corrected chi connectivity index (χ3v) is 3.01. The lowest BCUT2D eigenvalue weighted by molar-refractivity contribution is -0.304. The third-order valence-electron chi connectivity index (χ3n) is 3.01. The fraction of sp³-hybridized carbons (Fsp3) is 0.133. The molecule has 2 aromatic carbocycles. The first-order valence-corrected chi connectivity index (χ1v) is 5.91. The van der Waals surface area contributed by atoms with E-state index in [0.717, 1.165) is 28.2 Å². The number of carboxylic acids is 1. The number of carboxylic acid groups (broad SMARTS) is 1. The standard InChI is InChI=1S/C15H12O4/c16-15(17)7-10-1-3-11(4-2-10)12-5-6-13-14(8-12)19-9-18-13/h1-6,8H,7,9H2,(H,16,17)/p-1. The van der Waals surface area contributed by atoms with Crippen LogP contribution in [0, 0.1) is 0 Å². The van der Waals surface area contributed by atoms with Crippen molar-refractivity contribution in [3.8, 4) is 22.6 Å². The van der Waals surface area contributed by atoms with Crippen LogP contribution in [-0.4, -0.2) is 12.8 Å². The molecule has 0 N–H and O–H groups in total. The van der Waals surface area contributed by atoms with Crippen LogP contribution < -0.4 is 14.6 Å². The number of fused-ring (bicyclic) bond motifs is 1. The summed E-state index contributed by atoms with van der Waals surface area (Å²) in [6.07, 6.45) is -0.0680. The third kappa shape index (κ3) is 2.38. The molecule has 0 aromatic heterocycles. The van der Waals surface area contributed by atoms with Gasteiger partial charge in [0.2, 0.25) is 6.79 Å². The van der Waals surface area contributed by atoms with Gasteiger partial charge >= 0.3 is 0 Å². The first-order valence-electron chi connectivity index (χ1n) is 5.91. The number of rotatable bonds is 3. The fourth-order valence-electron chi connectivity index (χ4n) is 2.06. The number of ether oxygens (including phenoxy) is 2. The van der Waals surface area contributed by atoms with Gasteiger partial charge in [-0.15, -0.1) is 0 Å². The summed E-state index contributed by atoms with van der Waals surface area (Å²) in [5.41, 5.74) is 2.73. The largest absolute Gasteiger partial charge is 0.550 e. The van der Waals surface area contributed by atoms with Crippen molar-refractivity contribution in [2.24, 2.45) is 0 Å². The summed E-state index contributed by atoms with van der Waals surface area (Å²) in [4.78, 5) is 10.5. The monoisotopic (exact) mass is 255 g/mol. The van der Waals surface area contributed by atoms with E-state index >= 15 is 0 Å². The highest BCUT2D eigenvalue weighted by atomic mass is 16.7. The lowest BCUT2D eigenvalue weighted by Gasteiger charge is -2.06. The normalized spacial score (nSPS) is 12.4. The van der Waals surface area contributed by atoms with Gasteiger partial charge in [-0.2, -0.15) is 0 Å². The Morgan fingerprint density at radius 1 is 1.00 bits per heavy atom. The summed E-state index contributed by atoms with van der Waals surface area (Å²) >= 11 is 0. The van der Waals surface area contributed by atoms with Crippen molar-refractivity contribution in [1.29, 1.82) is 0 Å². The molecule has 2 aromatic rings. The van der Waals surface area contributed by atoms with Crippen LogP contribution in [0.5, 0.6) is 11.5 Å². The van der Waals surface area contributed by atoms with Crippen LogP contribution in [0.1, 0.15) is 5.56 Å². The van der Waals surface area contributed by atoms with E-state index in [2.05, 4.69) is 0 Å². The van der Waals surface area contributed by atoms with Crippen LogP contribution in [0.25, 0.3) is 11.1 Å². The zero-order chi connectivity index (χ0) is 13.2. The highest BCUT2D eigenvalue weighted by molar-refractivity contribution is 5.70. The van der Waals surface area contributed by atoms with Crippen molar-refractivity contribution < 1.29 is 19.4 Å². The van der Waals surface area contributed by atoms with Gasteiger partial charge < -0.3 is 19.4 Å². The highest BCUT2D eigenvalue weighted by Crippen LogP contribution is 2.35. The number of hydrogen-bond donors (Lipinski definition) is 0. The van der Waals surface area contributed by atoms with E-state index in [1.54, 1.807) is 12.1 Å². The Bertz CT molecular complexity index is 617. The van der Waals surface area contributed by atoms with E-state index in [1.165, 1.54) is 0 Å². The summed E-state index contributed by atoms with van der Waals surface area (Å²) < 4.78 is 10.6. The van der Waals surface area contributed by atoms with E-state index in [1.807, 2.05) is 30.3 Å². The first-order chi connectivity index (χ1) is 9.22. The Labute approximate surface area is 110 Å². The van der Waals surface area contributed by atoms with Gasteiger partial charge in [0.15, 0.2) is 11.5 Å². The van der Waals surface area contributed by atoms with Gasteiger partial charge in [0.1, 0.15) is 0 Å². The van der Waals surface area contributed by atoms with Crippen molar-refractivity contribution in [3.05, 3.63) is 48.0 Å². The second kappa shape index (κ2) is 4.65. The Kier molecular flexibility index (Phi) is 2.83. The van der Waals surface area contributed by atoms with Crippen molar-refractivity contribution in [1.82, 2.24) is 0 Å². The molecule has 0 radical (unpaired) electrons. The molecule has 4 heteroatoms. The van der Waals surface area contributed by atoms with E-state index < -0.39 is 5.97 Å². The van der Waals surface area contributed by atoms with Gasteiger partial charge in [-0.1, -0.05) is 30.3 Å². The lowest BCUT2D eigenvalue weighted by Crippen LogP contribution is -2.24. The average molecular weight is 255 g/mol. The van der Waals surface area contributed by atoms with Crippen LogP contribution in [0.3, 0.4) is 0 Å². The molecule has 1 heterocycles. The number of carbonyl (C=O) groups excluding carboxylic acids is 1. The van der Waals surface area contributed by atoms with E-state index in [4.69, 9.17) is 9.47 Å². The molecule has 1 aliphatic rings. The second-order valence-corrected chi connectivity index (χ2v) is 4.31. The molecule has 0 saturated carbocycles. The summed E-state index contributed by atoms with van der Waals surface area (Å²) in [5, 5.41) is 10.5. The molecule has 0 saturated heterocycles. The smallest absolute Gasteiger partial charge is 0.231 e. The minimum Gasteiger partial charge on any atom is -0.550 e. The number of hydrogen-bond acceptors (Lipinski definition) is 4. The van der Waals surface area contributed by atoms with Crippen molar-refractivity contribution >= 4 is 5.97 Å². The minimum atomic E-state index is -1.07. The number of benzene rings is 2. The molecular weight excluding hydrogens is 244 g/mol. The molecule has 0 fully saturated rings. The molecule has 96 valence electrons. The Balaban J connectivity index is 1.88. The maximum atomic E-state index is 10.5.